The zero-order chi connectivity index (χ0) is 22.2. The molecule has 2 N–H and O–H groups in total. The molecule has 29 heavy (non-hydrogen) atoms. The number of hydrogen-bond acceptors (Lipinski definition) is 7. The van der Waals surface area contributed by atoms with E-state index in [1.54, 1.807) is 0 Å². The van der Waals surface area contributed by atoms with Crippen LogP contribution in [0.4, 0.5) is 0 Å². The molecule has 2 fully saturated rings. The van der Waals surface area contributed by atoms with E-state index in [9.17, 15) is 14.6 Å². The van der Waals surface area contributed by atoms with Crippen LogP contribution in [-0.4, -0.2) is 75.4 Å². The fourth-order valence-electron chi connectivity index (χ4n) is 3.30. The van der Waals surface area contributed by atoms with Crippen LogP contribution in [0.15, 0.2) is 0 Å². The second kappa shape index (κ2) is 9.38. The zero-order valence-electron chi connectivity index (χ0n) is 18.5. The first kappa shape index (κ1) is 25.5. The summed E-state index contributed by atoms with van der Waals surface area (Å²) in [6, 6.07) is -0.764. The SMILES string of the molecule is [B][C@@H]1O[C@H](CC)C(OP(=O)(O)OC[C@H]2O[C@@H](C)CC2O)[C@@H]1O[Si](C)(C)C(C)(C)C. The van der Waals surface area contributed by atoms with Gasteiger partial charge in [-0.15, -0.1) is 0 Å². The summed E-state index contributed by atoms with van der Waals surface area (Å²) < 4.78 is 40.9. The number of aliphatic hydroxyl groups excluding tert-OH is 1. The van der Waals surface area contributed by atoms with Crippen LogP contribution in [-0.2, 0) is 27.5 Å². The maximum Gasteiger partial charge on any atom is 0.472 e. The molecule has 2 heterocycles. The highest BCUT2D eigenvalue weighted by Gasteiger charge is 2.50. The van der Waals surface area contributed by atoms with E-state index in [4.69, 9.17) is 30.8 Å². The molecule has 0 bridgehead atoms. The fraction of sp³-hybridized carbons (Fsp3) is 1.00. The minimum absolute atomic E-state index is 0.0758. The van der Waals surface area contributed by atoms with Crippen LogP contribution in [0.1, 0.15) is 47.5 Å². The smallest absolute Gasteiger partial charge is 0.409 e. The van der Waals surface area contributed by atoms with Gasteiger partial charge in [-0.2, -0.15) is 0 Å². The van der Waals surface area contributed by atoms with Gasteiger partial charge in [0.1, 0.15) is 20.1 Å². The number of phosphoric acid groups is 1. The normalized spacial score (nSPS) is 38.3. The van der Waals surface area contributed by atoms with Crippen LogP contribution in [0, 0.1) is 0 Å². The van der Waals surface area contributed by atoms with Crippen molar-refractivity contribution in [2.24, 2.45) is 0 Å². The molecular formula is C18H36BO8PSi. The molecule has 8 nitrogen and oxygen atoms in total. The van der Waals surface area contributed by atoms with E-state index in [2.05, 4.69) is 33.9 Å². The average Bonchev–Trinajstić information content (AvgIpc) is 3.04. The van der Waals surface area contributed by atoms with Crippen molar-refractivity contribution in [3.8, 4) is 0 Å². The van der Waals surface area contributed by atoms with Gasteiger partial charge in [-0.25, -0.2) is 4.57 Å². The summed E-state index contributed by atoms with van der Waals surface area (Å²) in [5.41, 5.74) is 0. The van der Waals surface area contributed by atoms with E-state index in [0.717, 1.165) is 0 Å². The van der Waals surface area contributed by atoms with Gasteiger partial charge in [0.15, 0.2) is 8.32 Å². The molecule has 2 saturated heterocycles. The summed E-state index contributed by atoms with van der Waals surface area (Å²) in [6.45, 7) is 13.9. The van der Waals surface area contributed by atoms with Gasteiger partial charge in [-0.05, 0) is 31.5 Å². The molecule has 0 aliphatic carbocycles. The second-order valence-corrected chi connectivity index (χ2v) is 15.7. The Morgan fingerprint density at radius 3 is 2.31 bits per heavy atom. The summed E-state index contributed by atoms with van der Waals surface area (Å²) in [6.07, 6.45) is -2.56. The van der Waals surface area contributed by atoms with Gasteiger partial charge >= 0.3 is 7.82 Å². The van der Waals surface area contributed by atoms with Crippen molar-refractivity contribution < 1.29 is 37.5 Å². The topological polar surface area (TPSA) is 104 Å². The Bertz CT molecular complexity index is 601. The van der Waals surface area contributed by atoms with E-state index in [1.165, 1.54) is 0 Å². The van der Waals surface area contributed by atoms with Crippen molar-refractivity contribution in [2.75, 3.05) is 6.61 Å². The average molecular weight is 450 g/mol. The first-order valence-electron chi connectivity index (χ1n) is 10.2. The summed E-state index contributed by atoms with van der Waals surface area (Å²) in [4.78, 5) is 10.3. The van der Waals surface area contributed by atoms with Crippen LogP contribution in [0.25, 0.3) is 0 Å². The van der Waals surface area contributed by atoms with Crippen molar-refractivity contribution >= 4 is 24.0 Å². The number of aliphatic hydroxyl groups is 1. The Kier molecular flexibility index (Phi) is 8.25. The summed E-state index contributed by atoms with van der Waals surface area (Å²) in [7, 11) is -0.544. The van der Waals surface area contributed by atoms with Crippen LogP contribution >= 0.6 is 7.82 Å². The van der Waals surface area contributed by atoms with Crippen molar-refractivity contribution in [3.63, 3.8) is 0 Å². The highest BCUT2D eigenvalue weighted by molar-refractivity contribution is 7.47. The lowest BCUT2D eigenvalue weighted by Gasteiger charge is -2.40. The number of hydrogen-bond donors (Lipinski definition) is 2. The van der Waals surface area contributed by atoms with Crippen molar-refractivity contribution in [1.82, 2.24) is 0 Å². The largest absolute Gasteiger partial charge is 0.472 e. The molecule has 0 spiro atoms. The van der Waals surface area contributed by atoms with E-state index >= 15 is 0 Å². The predicted octanol–water partition coefficient (Wildman–Crippen LogP) is 2.72. The maximum atomic E-state index is 12.6. The van der Waals surface area contributed by atoms with E-state index < -0.39 is 52.7 Å². The molecule has 2 radical (unpaired) electrons. The molecule has 0 aromatic rings. The standard InChI is InChI=1S/C18H36BO8PSi/c1-8-13-15(16(17(19)25-13)27-29(6,7)18(3,4)5)26-28(21,22)23-10-14-12(20)9-11(2)24-14/h11-17,20H,8-10H2,1-7H3,(H,21,22)/t11-,12?,13+,14+,15?,16-,17+/m0/s1. The molecule has 0 aromatic heterocycles. The molecule has 3 unspecified atom stereocenters. The molecule has 0 aromatic carbocycles. The predicted molar refractivity (Wildman–Crippen MR) is 112 cm³/mol. The van der Waals surface area contributed by atoms with Gasteiger partial charge in [0.25, 0.3) is 0 Å². The van der Waals surface area contributed by atoms with Gasteiger partial charge < -0.3 is 23.9 Å². The second-order valence-electron chi connectivity index (χ2n) is 9.51. The Labute approximate surface area is 176 Å². The first-order valence-corrected chi connectivity index (χ1v) is 14.7. The zero-order valence-corrected chi connectivity index (χ0v) is 20.4. The van der Waals surface area contributed by atoms with Crippen molar-refractivity contribution in [3.05, 3.63) is 0 Å². The van der Waals surface area contributed by atoms with Gasteiger partial charge in [-0.3, -0.25) is 9.05 Å². The van der Waals surface area contributed by atoms with Crippen molar-refractivity contribution in [2.45, 2.75) is 108 Å². The van der Waals surface area contributed by atoms with Crippen LogP contribution in [0.2, 0.25) is 18.1 Å². The Morgan fingerprint density at radius 1 is 1.21 bits per heavy atom. The lowest BCUT2D eigenvalue weighted by molar-refractivity contribution is -0.0303. The highest BCUT2D eigenvalue weighted by Crippen LogP contribution is 2.49. The minimum Gasteiger partial charge on any atom is -0.409 e. The molecule has 11 heteroatoms. The molecule has 168 valence electrons. The minimum atomic E-state index is -4.45. The molecule has 8 atom stereocenters. The van der Waals surface area contributed by atoms with Gasteiger partial charge in [0.2, 0.25) is 0 Å². The summed E-state index contributed by atoms with van der Waals surface area (Å²) in [5.74, 6) is 0. The molecule has 2 aliphatic rings. The third-order valence-electron chi connectivity index (χ3n) is 6.05. The van der Waals surface area contributed by atoms with Gasteiger partial charge in [0.05, 0.1) is 31.0 Å². The molecule has 0 saturated carbocycles. The van der Waals surface area contributed by atoms with Crippen LogP contribution < -0.4 is 0 Å². The van der Waals surface area contributed by atoms with E-state index in [1.807, 2.05) is 13.8 Å². The van der Waals surface area contributed by atoms with E-state index in [-0.39, 0.29) is 17.7 Å². The Morgan fingerprint density at radius 2 is 1.83 bits per heavy atom. The van der Waals surface area contributed by atoms with Gasteiger partial charge in [0, 0.05) is 12.4 Å². The molecule has 2 rings (SSSR count). The van der Waals surface area contributed by atoms with Crippen molar-refractivity contribution in [1.29, 1.82) is 0 Å². The third kappa shape index (κ3) is 6.37. The fourth-order valence-corrected chi connectivity index (χ4v) is 5.56. The summed E-state index contributed by atoms with van der Waals surface area (Å²) >= 11 is 0. The molecule has 0 amide bonds. The monoisotopic (exact) mass is 450 g/mol. The number of rotatable bonds is 8. The Balaban J connectivity index is 2.08. The number of phosphoric ester groups is 1. The molecular weight excluding hydrogens is 414 g/mol. The number of ether oxygens (including phenoxy) is 2. The highest BCUT2D eigenvalue weighted by atomic mass is 31.2. The Hall–Kier alpha value is 0.232. The lowest BCUT2D eigenvalue weighted by atomic mass is 9.93. The van der Waals surface area contributed by atoms with Gasteiger partial charge in [-0.1, -0.05) is 27.7 Å². The third-order valence-corrected chi connectivity index (χ3v) is 11.5. The lowest BCUT2D eigenvalue weighted by Crippen LogP contribution is -2.50. The van der Waals surface area contributed by atoms with E-state index in [0.29, 0.717) is 12.8 Å². The quantitative estimate of drug-likeness (QED) is 0.430. The first-order chi connectivity index (χ1) is 13.2. The maximum absolute atomic E-state index is 12.6. The van der Waals surface area contributed by atoms with Crippen LogP contribution in [0.3, 0.4) is 0 Å². The summed E-state index contributed by atoms with van der Waals surface area (Å²) in [5, 5.41) is 9.86. The molecule has 2 aliphatic heterocycles. The van der Waals surface area contributed by atoms with Crippen LogP contribution in [0.5, 0.6) is 0 Å².